The van der Waals surface area contributed by atoms with Gasteiger partial charge in [-0.1, -0.05) is 30.0 Å². The van der Waals surface area contributed by atoms with Gasteiger partial charge in [0.05, 0.1) is 18.4 Å². The summed E-state index contributed by atoms with van der Waals surface area (Å²) in [4.78, 5) is 23.9. The minimum absolute atomic E-state index is 0.145. The third-order valence-electron chi connectivity index (χ3n) is 4.53. The van der Waals surface area contributed by atoms with Gasteiger partial charge in [-0.25, -0.2) is 4.79 Å². The number of carbonyl (C=O) groups excluding carboxylic acids is 2. The van der Waals surface area contributed by atoms with E-state index in [1.165, 1.54) is 18.9 Å². The number of esters is 1. The molecule has 0 saturated carbocycles. The summed E-state index contributed by atoms with van der Waals surface area (Å²) in [6, 6.07) is 12.6. The number of rotatable bonds is 8. The summed E-state index contributed by atoms with van der Waals surface area (Å²) >= 11 is 1.27. The molecule has 0 aliphatic heterocycles. The fourth-order valence-electron chi connectivity index (χ4n) is 2.77. The number of aromatic nitrogens is 3. The van der Waals surface area contributed by atoms with Crippen LogP contribution < -0.4 is 10.1 Å². The number of amides is 1. The van der Waals surface area contributed by atoms with Crippen LogP contribution >= 0.6 is 11.8 Å². The molecule has 31 heavy (non-hydrogen) atoms. The summed E-state index contributed by atoms with van der Waals surface area (Å²) < 4.78 is 12.4. The first-order valence-corrected chi connectivity index (χ1v) is 10.5. The first-order chi connectivity index (χ1) is 14.9. The van der Waals surface area contributed by atoms with Crippen molar-refractivity contribution in [2.24, 2.45) is 7.05 Å². The van der Waals surface area contributed by atoms with Gasteiger partial charge in [0.25, 0.3) is 0 Å². The Balaban J connectivity index is 1.55. The Bertz CT molecular complexity index is 1100. The van der Waals surface area contributed by atoms with Crippen LogP contribution in [0.5, 0.6) is 5.75 Å². The molecule has 1 N–H and O–H groups in total. The zero-order valence-electron chi connectivity index (χ0n) is 17.8. The normalized spacial score (nSPS) is 10.6. The highest BCUT2D eigenvalue weighted by atomic mass is 32.2. The smallest absolute Gasteiger partial charge is 0.337 e. The molecule has 8 nitrogen and oxygen atoms in total. The van der Waals surface area contributed by atoms with Gasteiger partial charge >= 0.3 is 5.97 Å². The van der Waals surface area contributed by atoms with Gasteiger partial charge in [0.1, 0.15) is 12.4 Å². The average Bonchev–Trinajstić information content (AvgIpc) is 3.12. The van der Waals surface area contributed by atoms with Crippen LogP contribution in [0.2, 0.25) is 0 Å². The highest BCUT2D eigenvalue weighted by molar-refractivity contribution is 7.99. The van der Waals surface area contributed by atoms with E-state index in [-0.39, 0.29) is 18.3 Å². The number of hydrogen-bond donors (Lipinski definition) is 1. The lowest BCUT2D eigenvalue weighted by molar-refractivity contribution is -0.113. The third-order valence-corrected chi connectivity index (χ3v) is 5.55. The van der Waals surface area contributed by atoms with Crippen LogP contribution in [0.25, 0.3) is 0 Å². The summed E-state index contributed by atoms with van der Waals surface area (Å²) in [5.74, 6) is 0.940. The van der Waals surface area contributed by atoms with E-state index < -0.39 is 5.97 Å². The van der Waals surface area contributed by atoms with E-state index in [4.69, 9.17) is 9.47 Å². The van der Waals surface area contributed by atoms with Gasteiger partial charge in [-0.15, -0.1) is 10.2 Å². The Labute approximate surface area is 185 Å². The number of benzene rings is 2. The van der Waals surface area contributed by atoms with Crippen molar-refractivity contribution < 1.29 is 19.1 Å². The summed E-state index contributed by atoms with van der Waals surface area (Å²) in [6.45, 7) is 4.28. The molecule has 3 rings (SSSR count). The molecule has 1 amide bonds. The van der Waals surface area contributed by atoms with Crippen molar-refractivity contribution in [3.05, 3.63) is 65.0 Å². The highest BCUT2D eigenvalue weighted by Crippen LogP contribution is 2.21. The third kappa shape index (κ3) is 5.85. The summed E-state index contributed by atoms with van der Waals surface area (Å²) in [5, 5.41) is 11.7. The SMILES string of the molecule is COC(=O)c1cccc(NC(=O)CSc2nnc(COc3cc(C)ccc3C)n2C)c1. The molecule has 9 heteroatoms. The van der Waals surface area contributed by atoms with Gasteiger partial charge in [-0.05, 0) is 49.2 Å². The Morgan fingerprint density at radius 2 is 1.94 bits per heavy atom. The lowest BCUT2D eigenvalue weighted by atomic mass is 10.1. The second-order valence-corrected chi connectivity index (χ2v) is 7.87. The standard InChI is InChI=1S/C22H24N4O4S/c1-14-8-9-15(2)18(10-14)30-12-19-24-25-22(26(19)3)31-13-20(27)23-17-7-5-6-16(11-17)21(28)29-4/h5-11H,12-13H2,1-4H3,(H,23,27). The summed E-state index contributed by atoms with van der Waals surface area (Å²) in [5.41, 5.74) is 3.07. The summed E-state index contributed by atoms with van der Waals surface area (Å²) in [7, 11) is 3.15. The molecule has 0 aliphatic carbocycles. The number of ether oxygens (including phenoxy) is 2. The molecule has 0 aliphatic rings. The first-order valence-electron chi connectivity index (χ1n) is 9.56. The lowest BCUT2D eigenvalue weighted by Gasteiger charge is -2.10. The summed E-state index contributed by atoms with van der Waals surface area (Å²) in [6.07, 6.45) is 0. The molecular weight excluding hydrogens is 416 g/mol. The topological polar surface area (TPSA) is 95.3 Å². The van der Waals surface area contributed by atoms with Crippen LogP contribution in [-0.2, 0) is 23.2 Å². The van der Waals surface area contributed by atoms with Crippen LogP contribution in [0.15, 0.2) is 47.6 Å². The predicted octanol–water partition coefficient (Wildman–Crippen LogP) is 3.53. The molecule has 0 fully saturated rings. The minimum atomic E-state index is -0.458. The molecule has 162 valence electrons. The lowest BCUT2D eigenvalue weighted by Crippen LogP contribution is -2.15. The Hall–Kier alpha value is -3.33. The van der Waals surface area contributed by atoms with Crippen LogP contribution in [0, 0.1) is 13.8 Å². The van der Waals surface area contributed by atoms with Crippen molar-refractivity contribution >= 4 is 29.3 Å². The number of hydrogen-bond acceptors (Lipinski definition) is 7. The van der Waals surface area contributed by atoms with Gasteiger partial charge in [0.2, 0.25) is 5.91 Å². The molecule has 1 aromatic heterocycles. The molecule has 0 atom stereocenters. The molecule has 0 saturated heterocycles. The van der Waals surface area contributed by atoms with E-state index in [0.717, 1.165) is 16.9 Å². The highest BCUT2D eigenvalue weighted by Gasteiger charge is 2.13. The molecule has 2 aromatic carbocycles. The van der Waals surface area contributed by atoms with Gasteiger partial charge in [-0.2, -0.15) is 0 Å². The second-order valence-electron chi connectivity index (χ2n) is 6.92. The molecule has 3 aromatic rings. The first kappa shape index (κ1) is 22.4. The molecule has 0 unspecified atom stereocenters. The number of nitrogens with one attached hydrogen (secondary N) is 1. The Kier molecular flexibility index (Phi) is 7.30. The Morgan fingerprint density at radius 1 is 1.13 bits per heavy atom. The van der Waals surface area contributed by atoms with E-state index >= 15 is 0 Å². The van der Waals surface area contributed by atoms with E-state index in [2.05, 4.69) is 15.5 Å². The number of methoxy groups -OCH3 is 1. The zero-order chi connectivity index (χ0) is 22.4. The molecule has 1 heterocycles. The number of nitrogens with zero attached hydrogens (tertiary/aromatic N) is 3. The maximum atomic E-state index is 12.3. The van der Waals surface area contributed by atoms with Crippen LogP contribution in [0.3, 0.4) is 0 Å². The molecule has 0 bridgehead atoms. The zero-order valence-corrected chi connectivity index (χ0v) is 18.7. The molecule has 0 spiro atoms. The quantitative estimate of drug-likeness (QED) is 0.423. The van der Waals surface area contributed by atoms with Crippen LogP contribution in [0.4, 0.5) is 5.69 Å². The minimum Gasteiger partial charge on any atom is -0.485 e. The van der Waals surface area contributed by atoms with Crippen molar-refractivity contribution in [2.75, 3.05) is 18.2 Å². The fourth-order valence-corrected chi connectivity index (χ4v) is 3.50. The van der Waals surface area contributed by atoms with Gasteiger partial charge in [0, 0.05) is 12.7 Å². The van der Waals surface area contributed by atoms with Crippen molar-refractivity contribution in [3.8, 4) is 5.75 Å². The fraction of sp³-hybridized carbons (Fsp3) is 0.273. The number of aryl methyl sites for hydroxylation is 2. The Morgan fingerprint density at radius 3 is 2.71 bits per heavy atom. The number of anilines is 1. The van der Waals surface area contributed by atoms with Gasteiger partial charge in [0.15, 0.2) is 11.0 Å². The van der Waals surface area contributed by atoms with E-state index in [1.54, 1.807) is 28.8 Å². The number of carbonyl (C=O) groups is 2. The maximum Gasteiger partial charge on any atom is 0.337 e. The van der Waals surface area contributed by atoms with E-state index in [1.807, 2.05) is 39.1 Å². The molecular formula is C22H24N4O4S. The van der Waals surface area contributed by atoms with Crippen molar-refractivity contribution in [1.29, 1.82) is 0 Å². The average molecular weight is 441 g/mol. The van der Waals surface area contributed by atoms with Crippen molar-refractivity contribution in [1.82, 2.24) is 14.8 Å². The van der Waals surface area contributed by atoms with Crippen molar-refractivity contribution in [2.45, 2.75) is 25.6 Å². The largest absolute Gasteiger partial charge is 0.485 e. The van der Waals surface area contributed by atoms with Crippen LogP contribution in [0.1, 0.15) is 27.3 Å². The van der Waals surface area contributed by atoms with Gasteiger partial charge in [-0.3, -0.25) is 4.79 Å². The predicted molar refractivity (Wildman–Crippen MR) is 118 cm³/mol. The molecule has 0 radical (unpaired) electrons. The van der Waals surface area contributed by atoms with Gasteiger partial charge < -0.3 is 19.4 Å². The van der Waals surface area contributed by atoms with Crippen LogP contribution in [-0.4, -0.2) is 39.5 Å². The maximum absolute atomic E-state index is 12.3. The second kappa shape index (κ2) is 10.1. The monoisotopic (exact) mass is 440 g/mol. The van der Waals surface area contributed by atoms with E-state index in [9.17, 15) is 9.59 Å². The van der Waals surface area contributed by atoms with Crippen molar-refractivity contribution in [3.63, 3.8) is 0 Å². The number of thioether (sulfide) groups is 1. The van der Waals surface area contributed by atoms with E-state index in [0.29, 0.717) is 22.2 Å².